The lowest BCUT2D eigenvalue weighted by atomic mass is 10.1. The van der Waals surface area contributed by atoms with E-state index in [-0.39, 0.29) is 16.5 Å². The van der Waals surface area contributed by atoms with Gasteiger partial charge in [-0.25, -0.2) is 14.4 Å². The predicted octanol–water partition coefficient (Wildman–Crippen LogP) is 3.66. The fourth-order valence-corrected chi connectivity index (χ4v) is 2.18. The predicted molar refractivity (Wildman–Crippen MR) is 81.3 cm³/mol. The van der Waals surface area contributed by atoms with Gasteiger partial charge in [-0.3, -0.25) is 0 Å². The Bertz CT molecular complexity index is 744. The quantitative estimate of drug-likeness (QED) is 0.773. The van der Waals surface area contributed by atoms with Crippen molar-refractivity contribution in [1.82, 2.24) is 9.97 Å². The largest absolute Gasteiger partial charge is 0.495 e. The maximum Gasteiger partial charge on any atom is 0.232 e. The van der Waals surface area contributed by atoms with Crippen molar-refractivity contribution in [2.45, 2.75) is 0 Å². The van der Waals surface area contributed by atoms with Gasteiger partial charge in [-0.2, -0.15) is 0 Å². The Morgan fingerprint density at radius 3 is 2.62 bits per heavy atom. The molecule has 4 nitrogen and oxygen atoms in total. The molecule has 0 radical (unpaired) electrons. The Labute approximate surface area is 134 Å². The SMILES string of the molecule is COc1cc(-c2ncnc(OC)c2C#CBr)c(F)cc1Cl. The summed E-state index contributed by atoms with van der Waals surface area (Å²) in [5.74, 6) is 2.79. The topological polar surface area (TPSA) is 44.2 Å². The Hall–Kier alpha value is -1.84. The van der Waals surface area contributed by atoms with Crippen molar-refractivity contribution < 1.29 is 13.9 Å². The van der Waals surface area contributed by atoms with Crippen molar-refractivity contribution in [2.75, 3.05) is 14.2 Å². The fourth-order valence-electron chi connectivity index (χ4n) is 1.76. The zero-order chi connectivity index (χ0) is 15.4. The van der Waals surface area contributed by atoms with Crippen LogP contribution in [0.2, 0.25) is 5.02 Å². The molecule has 0 fully saturated rings. The summed E-state index contributed by atoms with van der Waals surface area (Å²) < 4.78 is 24.4. The van der Waals surface area contributed by atoms with Crippen molar-refractivity contribution in [1.29, 1.82) is 0 Å². The highest BCUT2D eigenvalue weighted by Crippen LogP contribution is 2.35. The van der Waals surface area contributed by atoms with Gasteiger partial charge in [0, 0.05) is 21.5 Å². The molecule has 0 amide bonds. The summed E-state index contributed by atoms with van der Waals surface area (Å²) in [6.07, 6.45) is 1.27. The zero-order valence-corrected chi connectivity index (χ0v) is 13.4. The number of benzene rings is 1. The number of nitrogens with zero attached hydrogens (tertiary/aromatic N) is 2. The van der Waals surface area contributed by atoms with E-state index in [0.717, 1.165) is 6.07 Å². The van der Waals surface area contributed by atoms with Crippen molar-refractivity contribution >= 4 is 27.5 Å². The van der Waals surface area contributed by atoms with E-state index in [1.54, 1.807) is 0 Å². The Morgan fingerprint density at radius 2 is 2.00 bits per heavy atom. The third-order valence-electron chi connectivity index (χ3n) is 2.67. The molecule has 0 aliphatic rings. The summed E-state index contributed by atoms with van der Waals surface area (Å²) in [4.78, 5) is 10.6. The second-order valence-corrected chi connectivity index (χ2v) is 4.60. The van der Waals surface area contributed by atoms with Gasteiger partial charge in [0.2, 0.25) is 5.88 Å². The van der Waals surface area contributed by atoms with Crippen LogP contribution in [0.15, 0.2) is 18.5 Å². The number of aromatic nitrogens is 2. The van der Waals surface area contributed by atoms with Crippen LogP contribution in [0.1, 0.15) is 5.56 Å². The van der Waals surface area contributed by atoms with Gasteiger partial charge in [0.1, 0.15) is 23.5 Å². The first-order chi connectivity index (χ1) is 10.1. The molecular weight excluding hydrogens is 363 g/mol. The molecule has 21 heavy (non-hydrogen) atoms. The lowest BCUT2D eigenvalue weighted by Crippen LogP contribution is -1.99. The highest BCUT2D eigenvalue weighted by molar-refractivity contribution is 9.12. The first kappa shape index (κ1) is 15.5. The summed E-state index contributed by atoms with van der Waals surface area (Å²) >= 11 is 8.89. The molecule has 0 saturated heterocycles. The van der Waals surface area contributed by atoms with Crippen molar-refractivity contribution in [3.05, 3.63) is 34.9 Å². The Kier molecular flexibility index (Phi) is 4.99. The number of rotatable bonds is 3. The van der Waals surface area contributed by atoms with E-state index in [2.05, 4.69) is 36.6 Å². The maximum absolute atomic E-state index is 14.2. The van der Waals surface area contributed by atoms with E-state index in [9.17, 15) is 4.39 Å². The third-order valence-corrected chi connectivity index (χ3v) is 3.17. The van der Waals surface area contributed by atoms with E-state index >= 15 is 0 Å². The van der Waals surface area contributed by atoms with Crippen LogP contribution in [0.5, 0.6) is 11.6 Å². The number of hydrogen-bond acceptors (Lipinski definition) is 4. The van der Waals surface area contributed by atoms with Crippen LogP contribution in [-0.4, -0.2) is 24.2 Å². The summed E-state index contributed by atoms with van der Waals surface area (Å²) in [7, 11) is 2.90. The molecule has 2 aromatic rings. The average Bonchev–Trinajstić information content (AvgIpc) is 2.48. The minimum Gasteiger partial charge on any atom is -0.495 e. The van der Waals surface area contributed by atoms with E-state index in [1.807, 2.05) is 0 Å². The summed E-state index contributed by atoms with van der Waals surface area (Å²) in [6.45, 7) is 0. The second kappa shape index (κ2) is 6.74. The van der Waals surface area contributed by atoms with Crippen LogP contribution in [0.3, 0.4) is 0 Å². The smallest absolute Gasteiger partial charge is 0.232 e. The van der Waals surface area contributed by atoms with Gasteiger partial charge in [0.15, 0.2) is 0 Å². The average molecular weight is 372 g/mol. The molecule has 108 valence electrons. The van der Waals surface area contributed by atoms with Crippen LogP contribution >= 0.6 is 27.5 Å². The number of methoxy groups -OCH3 is 2. The van der Waals surface area contributed by atoms with Crippen LogP contribution in [-0.2, 0) is 0 Å². The molecule has 0 N–H and O–H groups in total. The lowest BCUT2D eigenvalue weighted by Gasteiger charge is -2.10. The fraction of sp³-hybridized carbons (Fsp3) is 0.143. The number of halogens is 3. The maximum atomic E-state index is 14.2. The monoisotopic (exact) mass is 370 g/mol. The van der Waals surface area contributed by atoms with Crippen LogP contribution in [0.25, 0.3) is 11.3 Å². The molecule has 0 saturated carbocycles. The summed E-state index contributed by atoms with van der Waals surface area (Å²) in [5, 5.41) is 0.174. The van der Waals surface area contributed by atoms with E-state index < -0.39 is 5.82 Å². The van der Waals surface area contributed by atoms with Crippen molar-refractivity contribution in [3.63, 3.8) is 0 Å². The van der Waals surface area contributed by atoms with E-state index in [0.29, 0.717) is 17.0 Å². The Morgan fingerprint density at radius 1 is 1.24 bits per heavy atom. The lowest BCUT2D eigenvalue weighted by molar-refractivity contribution is 0.395. The molecule has 0 bridgehead atoms. The summed E-state index contributed by atoms with van der Waals surface area (Å²) in [5.41, 5.74) is 0.851. The normalized spacial score (nSPS) is 9.76. The molecule has 0 unspecified atom stereocenters. The molecule has 0 atom stereocenters. The van der Waals surface area contributed by atoms with Gasteiger partial charge in [0.05, 0.1) is 24.9 Å². The van der Waals surface area contributed by atoms with Crippen molar-refractivity contribution in [3.8, 4) is 33.6 Å². The number of hydrogen-bond donors (Lipinski definition) is 0. The molecule has 0 aliphatic carbocycles. The molecular formula is C14H9BrClFN2O2. The highest BCUT2D eigenvalue weighted by atomic mass is 79.9. The molecule has 1 heterocycles. The summed E-state index contributed by atoms with van der Waals surface area (Å²) in [6, 6.07) is 2.62. The van der Waals surface area contributed by atoms with E-state index in [1.165, 1.54) is 26.6 Å². The van der Waals surface area contributed by atoms with Gasteiger partial charge in [-0.15, -0.1) is 0 Å². The molecule has 7 heteroatoms. The number of ether oxygens (including phenoxy) is 2. The Balaban J connectivity index is 2.74. The van der Waals surface area contributed by atoms with E-state index in [4.69, 9.17) is 21.1 Å². The van der Waals surface area contributed by atoms with Gasteiger partial charge in [0.25, 0.3) is 0 Å². The minimum atomic E-state index is -0.542. The van der Waals surface area contributed by atoms with Gasteiger partial charge in [-0.05, 0) is 22.9 Å². The van der Waals surface area contributed by atoms with Crippen molar-refractivity contribution in [2.24, 2.45) is 0 Å². The third kappa shape index (κ3) is 3.09. The van der Waals surface area contributed by atoms with Crippen LogP contribution < -0.4 is 9.47 Å². The minimum absolute atomic E-state index is 0.174. The van der Waals surface area contributed by atoms with Crippen LogP contribution in [0, 0.1) is 16.6 Å². The van der Waals surface area contributed by atoms with Crippen LogP contribution in [0.4, 0.5) is 4.39 Å². The molecule has 2 rings (SSSR count). The highest BCUT2D eigenvalue weighted by Gasteiger charge is 2.18. The molecule has 1 aromatic carbocycles. The molecule has 0 aliphatic heterocycles. The zero-order valence-electron chi connectivity index (χ0n) is 11.1. The van der Waals surface area contributed by atoms with Gasteiger partial charge < -0.3 is 9.47 Å². The van der Waals surface area contributed by atoms with Gasteiger partial charge in [-0.1, -0.05) is 11.6 Å². The second-order valence-electron chi connectivity index (χ2n) is 3.79. The standard InChI is InChI=1S/C14H9BrClFN2O2/c1-20-12-5-9(11(17)6-10(12)16)13-8(3-4-15)14(21-2)19-7-18-13/h5-7H,1-2H3. The van der Waals surface area contributed by atoms with Gasteiger partial charge >= 0.3 is 0 Å². The first-order valence-corrected chi connectivity index (χ1v) is 6.83. The first-order valence-electron chi connectivity index (χ1n) is 5.66. The molecule has 0 spiro atoms. The molecule has 1 aromatic heterocycles.